The fourth-order valence-electron chi connectivity index (χ4n) is 3.10. The molecule has 31 heavy (non-hydrogen) atoms. The van der Waals surface area contributed by atoms with Gasteiger partial charge < -0.3 is 10.5 Å². The molecule has 0 fully saturated rings. The summed E-state index contributed by atoms with van der Waals surface area (Å²) < 4.78 is 5.29. The molecular weight excluding hydrogens is 394 g/mol. The van der Waals surface area contributed by atoms with E-state index in [1.807, 2.05) is 25.1 Å². The molecule has 0 bridgehead atoms. The largest absolute Gasteiger partial charge is 0.497 e. The first kappa shape index (κ1) is 22.0. The number of hydrogen-bond acceptors (Lipinski definition) is 6. The molecule has 1 aliphatic heterocycles. The van der Waals surface area contributed by atoms with Gasteiger partial charge in [0.1, 0.15) is 5.76 Å². The fraction of sp³-hybridized carbons (Fsp3) is 0.208. The van der Waals surface area contributed by atoms with E-state index >= 15 is 0 Å². The van der Waals surface area contributed by atoms with Gasteiger partial charge in [-0.05, 0) is 50.1 Å². The molecule has 0 atom stereocenters. The van der Waals surface area contributed by atoms with Gasteiger partial charge in [0, 0.05) is 11.8 Å². The Morgan fingerprint density at radius 3 is 2.39 bits per heavy atom. The topological polar surface area (TPSA) is 94.8 Å². The minimum Gasteiger partial charge on any atom is -0.497 e. The van der Waals surface area contributed by atoms with E-state index in [0.29, 0.717) is 41.1 Å². The highest BCUT2D eigenvalue weighted by Crippen LogP contribution is 2.22. The zero-order chi connectivity index (χ0) is 22.4. The monoisotopic (exact) mass is 419 g/mol. The van der Waals surface area contributed by atoms with E-state index in [0.717, 1.165) is 16.3 Å². The molecule has 0 radical (unpaired) electrons. The van der Waals surface area contributed by atoms with E-state index < -0.39 is 11.8 Å². The average molecular weight is 419 g/mol. The molecule has 2 N–H and O–H groups in total. The summed E-state index contributed by atoms with van der Waals surface area (Å²) in [6.45, 7) is 5.90. The summed E-state index contributed by atoms with van der Waals surface area (Å²) in [5.74, 6) is -0.280. The maximum Gasteiger partial charge on any atom is 0.285 e. The number of nitrogens with zero attached hydrogens (tertiary/aromatic N) is 2. The zero-order valence-electron chi connectivity index (χ0n) is 17.6. The molecule has 2 aromatic rings. The Bertz CT molecular complexity index is 1040. The van der Waals surface area contributed by atoms with Crippen molar-refractivity contribution in [1.29, 1.82) is 0 Å². The summed E-state index contributed by atoms with van der Waals surface area (Å²) in [6.07, 6.45) is 4.66. The second-order valence-electron chi connectivity index (χ2n) is 7.10. The van der Waals surface area contributed by atoms with Gasteiger partial charge in [-0.2, -0.15) is 0 Å². The maximum absolute atomic E-state index is 12.3. The number of aryl methyl sites for hydroxylation is 1. The number of benzene rings is 1. The molecule has 7 nitrogen and oxygen atoms in total. The highest BCUT2D eigenvalue weighted by molar-refractivity contribution is 6.20. The van der Waals surface area contributed by atoms with E-state index in [1.54, 1.807) is 43.5 Å². The molecule has 0 aliphatic carbocycles. The maximum atomic E-state index is 12.3. The number of aromatic nitrogens is 1. The van der Waals surface area contributed by atoms with Crippen LogP contribution in [-0.4, -0.2) is 35.6 Å². The third kappa shape index (κ3) is 5.26. The van der Waals surface area contributed by atoms with Crippen LogP contribution in [0.25, 0.3) is 5.70 Å². The van der Waals surface area contributed by atoms with Crippen molar-refractivity contribution in [3.63, 3.8) is 0 Å². The number of hydrogen-bond donors (Lipinski definition) is 1. The quantitative estimate of drug-likeness (QED) is 0.289. The van der Waals surface area contributed by atoms with Crippen molar-refractivity contribution in [2.24, 2.45) is 5.73 Å². The second-order valence-corrected chi connectivity index (χ2v) is 7.10. The van der Waals surface area contributed by atoms with Crippen LogP contribution in [0.15, 0.2) is 72.5 Å². The Labute approximate surface area is 181 Å². The number of pyridine rings is 1. The SMILES string of the molecule is C=C(C)/C=C(\C=C(/N)c1cccc(CCCON2C(=O)c3ccccc3C2=O)n1)OC. The standard InChI is InChI=1S/C24H25N3O4/c1-16(2)14-18(30-3)15-21(25)22-12-6-8-17(26-22)9-7-13-31-27-23(28)19-10-4-5-11-20(19)24(27)29/h4-6,8,10-12,14-15H,1,7,9,13,25H2,2-3H3/b18-14+,21-15-. The van der Waals surface area contributed by atoms with Crippen molar-refractivity contribution in [2.45, 2.75) is 19.8 Å². The van der Waals surface area contributed by atoms with E-state index in [-0.39, 0.29) is 6.61 Å². The number of hydroxylamine groups is 2. The average Bonchev–Trinajstić information content (AvgIpc) is 3.01. The second kappa shape index (κ2) is 9.86. The molecule has 0 spiro atoms. The smallest absolute Gasteiger partial charge is 0.285 e. The van der Waals surface area contributed by atoms with Crippen LogP contribution in [-0.2, 0) is 16.0 Å². The van der Waals surface area contributed by atoms with E-state index in [9.17, 15) is 9.59 Å². The molecule has 0 saturated heterocycles. The van der Waals surface area contributed by atoms with Crippen LogP contribution in [0.5, 0.6) is 0 Å². The van der Waals surface area contributed by atoms with Gasteiger partial charge in [0.25, 0.3) is 11.8 Å². The summed E-state index contributed by atoms with van der Waals surface area (Å²) in [7, 11) is 1.57. The predicted octanol–water partition coefficient (Wildman–Crippen LogP) is 3.65. The molecule has 160 valence electrons. The summed E-state index contributed by atoms with van der Waals surface area (Å²) in [5, 5.41) is 0.829. The van der Waals surface area contributed by atoms with Gasteiger partial charge in [0.05, 0.1) is 36.2 Å². The number of fused-ring (bicyclic) bond motifs is 1. The highest BCUT2D eigenvalue weighted by Gasteiger charge is 2.36. The lowest BCUT2D eigenvalue weighted by Gasteiger charge is -2.13. The van der Waals surface area contributed by atoms with Crippen LogP contribution >= 0.6 is 0 Å². The van der Waals surface area contributed by atoms with Gasteiger partial charge in [0.15, 0.2) is 0 Å². The number of ether oxygens (including phenoxy) is 1. The Morgan fingerprint density at radius 1 is 1.10 bits per heavy atom. The van der Waals surface area contributed by atoms with Gasteiger partial charge >= 0.3 is 0 Å². The van der Waals surface area contributed by atoms with Crippen LogP contribution < -0.4 is 5.73 Å². The summed E-state index contributed by atoms with van der Waals surface area (Å²) >= 11 is 0. The molecule has 1 aromatic heterocycles. The number of amides is 2. The molecular formula is C24H25N3O4. The Balaban J connectivity index is 1.57. The van der Waals surface area contributed by atoms with Crippen molar-refractivity contribution in [1.82, 2.24) is 10.0 Å². The van der Waals surface area contributed by atoms with Gasteiger partial charge in [0.2, 0.25) is 0 Å². The van der Waals surface area contributed by atoms with Crippen molar-refractivity contribution >= 4 is 17.5 Å². The summed E-state index contributed by atoms with van der Waals surface area (Å²) in [5.41, 5.74) is 9.66. The Morgan fingerprint density at radius 2 is 1.77 bits per heavy atom. The van der Waals surface area contributed by atoms with Crippen molar-refractivity contribution in [3.05, 3.63) is 95.0 Å². The number of nitrogens with two attached hydrogens (primary N) is 1. The molecule has 2 amide bonds. The van der Waals surface area contributed by atoms with Crippen molar-refractivity contribution in [2.75, 3.05) is 13.7 Å². The Kier molecular flexibility index (Phi) is 6.99. The lowest BCUT2D eigenvalue weighted by Crippen LogP contribution is -2.30. The number of carbonyl (C=O) groups excluding carboxylic acids is 2. The van der Waals surface area contributed by atoms with Crippen LogP contribution in [0.4, 0.5) is 0 Å². The molecule has 2 heterocycles. The third-order valence-electron chi connectivity index (χ3n) is 4.58. The molecule has 0 saturated carbocycles. The molecule has 1 aliphatic rings. The van der Waals surface area contributed by atoms with Crippen LogP contribution in [0, 0.1) is 0 Å². The van der Waals surface area contributed by atoms with Gasteiger partial charge in [-0.25, -0.2) is 0 Å². The minimum absolute atomic E-state index is 0.206. The van der Waals surface area contributed by atoms with E-state index in [1.165, 1.54) is 0 Å². The fourth-order valence-corrected chi connectivity index (χ4v) is 3.10. The summed E-state index contributed by atoms with van der Waals surface area (Å²) in [6, 6.07) is 12.3. The zero-order valence-corrected chi connectivity index (χ0v) is 17.6. The van der Waals surface area contributed by atoms with Gasteiger partial charge in [-0.1, -0.05) is 30.4 Å². The first-order valence-electron chi connectivity index (χ1n) is 9.86. The van der Waals surface area contributed by atoms with Crippen LogP contribution in [0.2, 0.25) is 0 Å². The normalized spacial score (nSPS) is 14.1. The predicted molar refractivity (Wildman–Crippen MR) is 118 cm³/mol. The van der Waals surface area contributed by atoms with Gasteiger partial charge in [-0.3, -0.25) is 19.4 Å². The molecule has 1 aromatic carbocycles. The van der Waals surface area contributed by atoms with Crippen molar-refractivity contribution < 1.29 is 19.2 Å². The number of carbonyl (C=O) groups is 2. The first-order valence-corrected chi connectivity index (χ1v) is 9.86. The lowest BCUT2D eigenvalue weighted by atomic mass is 10.1. The molecule has 0 unspecified atom stereocenters. The van der Waals surface area contributed by atoms with E-state index in [2.05, 4.69) is 11.6 Å². The number of methoxy groups -OCH3 is 1. The molecule has 7 heteroatoms. The van der Waals surface area contributed by atoms with Crippen molar-refractivity contribution in [3.8, 4) is 0 Å². The van der Waals surface area contributed by atoms with E-state index in [4.69, 9.17) is 15.3 Å². The number of rotatable bonds is 9. The number of imide groups is 1. The first-order chi connectivity index (χ1) is 14.9. The van der Waals surface area contributed by atoms with Crippen LogP contribution in [0.1, 0.15) is 45.4 Å². The number of allylic oxidation sites excluding steroid dienone is 3. The van der Waals surface area contributed by atoms with Gasteiger partial charge in [-0.15, -0.1) is 5.06 Å². The molecule has 3 rings (SSSR count). The Hall–Kier alpha value is -3.71. The summed E-state index contributed by atoms with van der Waals surface area (Å²) in [4.78, 5) is 34.6. The third-order valence-corrected chi connectivity index (χ3v) is 4.58. The lowest BCUT2D eigenvalue weighted by molar-refractivity contribution is -0.0918. The van der Waals surface area contributed by atoms with Crippen LogP contribution in [0.3, 0.4) is 0 Å². The highest BCUT2D eigenvalue weighted by atomic mass is 16.7. The minimum atomic E-state index is -0.435.